The fourth-order valence-electron chi connectivity index (χ4n) is 3.47. The third kappa shape index (κ3) is 5.43. The number of likely N-dealkylation sites (N-methyl/N-ethyl adjacent to an activating group) is 1. The van der Waals surface area contributed by atoms with Crippen LogP contribution in [-0.2, 0) is 20.9 Å². The number of esters is 1. The molecule has 0 spiro atoms. The summed E-state index contributed by atoms with van der Waals surface area (Å²) in [6, 6.07) is 9.74. The van der Waals surface area contributed by atoms with Gasteiger partial charge >= 0.3 is 5.97 Å². The van der Waals surface area contributed by atoms with Crippen LogP contribution in [0.2, 0.25) is 0 Å². The Labute approximate surface area is 175 Å². The molecule has 2 aromatic rings. The molecule has 30 heavy (non-hydrogen) atoms. The van der Waals surface area contributed by atoms with Crippen LogP contribution in [0.4, 0.5) is 0 Å². The monoisotopic (exact) mass is 413 g/mol. The number of carbonyl (C=O) groups excluding carboxylic acids is 3. The van der Waals surface area contributed by atoms with Gasteiger partial charge in [-0.3, -0.25) is 14.4 Å². The van der Waals surface area contributed by atoms with Crippen LogP contribution in [-0.4, -0.2) is 75.9 Å². The van der Waals surface area contributed by atoms with E-state index in [0.717, 1.165) is 12.0 Å². The van der Waals surface area contributed by atoms with E-state index in [4.69, 9.17) is 4.74 Å². The summed E-state index contributed by atoms with van der Waals surface area (Å²) in [5.74, 6) is -1.14. The van der Waals surface area contributed by atoms with E-state index < -0.39 is 0 Å². The lowest BCUT2D eigenvalue weighted by Crippen LogP contribution is -2.47. The van der Waals surface area contributed by atoms with Crippen molar-refractivity contribution in [2.45, 2.75) is 26.3 Å². The molecule has 1 aliphatic heterocycles. The second kappa shape index (κ2) is 10.00. The molecule has 0 saturated carbocycles. The molecule has 1 aromatic carbocycles. The Balaban J connectivity index is 1.55. The minimum absolute atomic E-state index is 0.0834. The van der Waals surface area contributed by atoms with Gasteiger partial charge in [-0.05, 0) is 25.3 Å². The average Bonchev–Trinajstić information content (AvgIpc) is 3.22. The molecule has 1 fully saturated rings. The number of nitrogens with zero attached hydrogens (tertiary/aromatic N) is 5. The summed E-state index contributed by atoms with van der Waals surface area (Å²) in [4.78, 5) is 40.2. The molecule has 1 unspecified atom stereocenters. The molecule has 0 radical (unpaired) electrons. The van der Waals surface area contributed by atoms with Gasteiger partial charge in [0.2, 0.25) is 5.91 Å². The van der Waals surface area contributed by atoms with Gasteiger partial charge in [0.1, 0.15) is 0 Å². The molecule has 1 aliphatic rings. The lowest BCUT2D eigenvalue weighted by Gasteiger charge is -2.32. The first-order chi connectivity index (χ1) is 14.5. The summed E-state index contributed by atoms with van der Waals surface area (Å²) in [6.45, 7) is 3.41. The Hall–Kier alpha value is -3.23. The number of hydrogen-bond donors (Lipinski definition) is 0. The largest absolute Gasteiger partial charge is 0.466 e. The first-order valence-corrected chi connectivity index (χ1v) is 10.1. The van der Waals surface area contributed by atoms with Crippen LogP contribution in [0.25, 0.3) is 0 Å². The van der Waals surface area contributed by atoms with Crippen molar-refractivity contribution >= 4 is 17.8 Å². The van der Waals surface area contributed by atoms with Crippen LogP contribution in [0, 0.1) is 5.92 Å². The van der Waals surface area contributed by atoms with Crippen LogP contribution in [0.3, 0.4) is 0 Å². The van der Waals surface area contributed by atoms with E-state index in [-0.39, 0.29) is 35.9 Å². The number of carbonyl (C=O) groups is 3. The molecule has 0 N–H and O–H groups in total. The number of likely N-dealkylation sites (tertiary alicyclic amines) is 1. The van der Waals surface area contributed by atoms with Crippen molar-refractivity contribution in [3.8, 4) is 0 Å². The van der Waals surface area contributed by atoms with E-state index in [2.05, 4.69) is 10.3 Å². The Kier molecular flexibility index (Phi) is 7.16. The number of ether oxygens (including phenoxy) is 1. The minimum Gasteiger partial charge on any atom is -0.466 e. The smallest absolute Gasteiger partial charge is 0.310 e. The number of piperidine rings is 1. The maximum Gasteiger partial charge on any atom is 0.310 e. The molecule has 2 amide bonds. The summed E-state index contributed by atoms with van der Waals surface area (Å²) in [6.07, 6.45) is 3.02. The van der Waals surface area contributed by atoms with Gasteiger partial charge in [0, 0.05) is 20.1 Å². The number of aromatic nitrogens is 3. The zero-order valence-electron chi connectivity index (χ0n) is 17.4. The number of hydrogen-bond acceptors (Lipinski definition) is 6. The third-order valence-corrected chi connectivity index (χ3v) is 5.06. The fraction of sp³-hybridized carbons (Fsp3) is 0.476. The summed E-state index contributed by atoms with van der Waals surface area (Å²) < 4.78 is 6.66. The standard InChI is InChI=1S/C21H27N5O4/c1-3-30-21(29)17-10-7-11-25(13-17)19(27)15-24(2)20(28)18-14-26(23-22-18)12-16-8-5-4-6-9-16/h4-6,8-9,14,17H,3,7,10-13,15H2,1-2H3. The third-order valence-electron chi connectivity index (χ3n) is 5.06. The van der Waals surface area contributed by atoms with Crippen molar-refractivity contribution in [1.29, 1.82) is 0 Å². The Morgan fingerprint density at radius 3 is 2.73 bits per heavy atom. The predicted octanol–water partition coefficient (Wildman–Crippen LogP) is 1.20. The molecule has 1 atom stereocenters. The second-order valence-corrected chi connectivity index (χ2v) is 7.38. The van der Waals surface area contributed by atoms with Crippen LogP contribution in [0.5, 0.6) is 0 Å². The van der Waals surface area contributed by atoms with Crippen molar-refractivity contribution < 1.29 is 19.1 Å². The Morgan fingerprint density at radius 1 is 1.23 bits per heavy atom. The lowest BCUT2D eigenvalue weighted by molar-refractivity contribution is -0.151. The SMILES string of the molecule is CCOC(=O)C1CCCN(C(=O)CN(C)C(=O)c2cn(Cc3ccccc3)nn2)C1. The van der Waals surface area contributed by atoms with Crippen molar-refractivity contribution in [3.05, 3.63) is 47.8 Å². The lowest BCUT2D eigenvalue weighted by atomic mass is 9.98. The minimum atomic E-state index is -0.374. The molecule has 9 heteroatoms. The van der Waals surface area contributed by atoms with Gasteiger partial charge in [0.15, 0.2) is 5.69 Å². The summed E-state index contributed by atoms with van der Waals surface area (Å²) in [5, 5.41) is 7.95. The molecule has 2 heterocycles. The van der Waals surface area contributed by atoms with Gasteiger partial charge in [-0.15, -0.1) is 5.10 Å². The van der Waals surface area contributed by atoms with Crippen LogP contribution < -0.4 is 0 Å². The maximum absolute atomic E-state index is 12.7. The molecule has 0 bridgehead atoms. The van der Waals surface area contributed by atoms with E-state index >= 15 is 0 Å². The van der Waals surface area contributed by atoms with Gasteiger partial charge in [0.05, 0.1) is 31.8 Å². The highest BCUT2D eigenvalue weighted by molar-refractivity contribution is 5.94. The van der Waals surface area contributed by atoms with Crippen molar-refractivity contribution in [1.82, 2.24) is 24.8 Å². The van der Waals surface area contributed by atoms with E-state index in [1.165, 1.54) is 4.90 Å². The Morgan fingerprint density at radius 2 is 2.00 bits per heavy atom. The molecule has 1 aromatic heterocycles. The van der Waals surface area contributed by atoms with Crippen LogP contribution in [0.15, 0.2) is 36.5 Å². The van der Waals surface area contributed by atoms with Crippen molar-refractivity contribution in [3.63, 3.8) is 0 Å². The Bertz CT molecular complexity index is 883. The second-order valence-electron chi connectivity index (χ2n) is 7.38. The molecule has 160 valence electrons. The molecular formula is C21H27N5O4. The number of amides is 2. The van der Waals surface area contributed by atoms with E-state index in [1.807, 2.05) is 30.3 Å². The molecule has 0 aliphatic carbocycles. The fourth-order valence-corrected chi connectivity index (χ4v) is 3.47. The van der Waals surface area contributed by atoms with Gasteiger partial charge in [0.25, 0.3) is 5.91 Å². The van der Waals surface area contributed by atoms with Gasteiger partial charge in [-0.1, -0.05) is 35.5 Å². The predicted molar refractivity (Wildman–Crippen MR) is 108 cm³/mol. The van der Waals surface area contributed by atoms with Crippen LogP contribution in [0.1, 0.15) is 35.8 Å². The average molecular weight is 413 g/mol. The van der Waals surface area contributed by atoms with Gasteiger partial charge in [-0.25, -0.2) is 4.68 Å². The zero-order chi connectivity index (χ0) is 21.5. The first-order valence-electron chi connectivity index (χ1n) is 10.1. The first kappa shape index (κ1) is 21.5. The van der Waals surface area contributed by atoms with Gasteiger partial charge < -0.3 is 14.5 Å². The van der Waals surface area contributed by atoms with E-state index in [1.54, 1.807) is 29.7 Å². The van der Waals surface area contributed by atoms with Crippen molar-refractivity contribution in [2.75, 3.05) is 33.3 Å². The summed E-state index contributed by atoms with van der Waals surface area (Å²) in [5.41, 5.74) is 1.23. The summed E-state index contributed by atoms with van der Waals surface area (Å²) in [7, 11) is 1.56. The highest BCUT2D eigenvalue weighted by Gasteiger charge is 2.30. The molecule has 1 saturated heterocycles. The molecule has 9 nitrogen and oxygen atoms in total. The summed E-state index contributed by atoms with van der Waals surface area (Å²) >= 11 is 0. The topological polar surface area (TPSA) is 97.6 Å². The van der Waals surface area contributed by atoms with Crippen molar-refractivity contribution in [2.24, 2.45) is 5.92 Å². The number of rotatable bonds is 7. The van der Waals surface area contributed by atoms with E-state index in [0.29, 0.717) is 32.7 Å². The highest BCUT2D eigenvalue weighted by Crippen LogP contribution is 2.18. The maximum atomic E-state index is 12.7. The molecular weight excluding hydrogens is 386 g/mol. The van der Waals surface area contributed by atoms with Crippen LogP contribution >= 0.6 is 0 Å². The van der Waals surface area contributed by atoms with Gasteiger partial charge in [-0.2, -0.15) is 0 Å². The van der Waals surface area contributed by atoms with E-state index in [9.17, 15) is 14.4 Å². The molecule has 3 rings (SSSR count). The normalized spacial score (nSPS) is 16.2. The highest BCUT2D eigenvalue weighted by atomic mass is 16.5. The number of benzene rings is 1. The quantitative estimate of drug-likeness (QED) is 0.633. The zero-order valence-corrected chi connectivity index (χ0v) is 17.4.